The molecule has 7 rings (SSSR count). The number of hydrogen-bond donors (Lipinski definition) is 4. The zero-order valence-corrected chi connectivity index (χ0v) is 27.4. The van der Waals surface area contributed by atoms with Gasteiger partial charge in [0, 0.05) is 55.8 Å². The van der Waals surface area contributed by atoms with Gasteiger partial charge in [0.05, 0.1) is 11.7 Å². The SMILES string of the molecule is CC(c1ccc2[nH]ncc2c1)C(NC(=O)N1CCC(N2CCc3ccccc3NC2=O)CC1)C(=O)N1CCC(C2CCNCC2)CC1. The van der Waals surface area contributed by atoms with E-state index in [1.165, 1.54) is 12.8 Å². The number of urea groups is 2. The van der Waals surface area contributed by atoms with Crippen molar-refractivity contribution >= 4 is 34.6 Å². The van der Waals surface area contributed by atoms with E-state index in [0.29, 0.717) is 38.4 Å². The highest BCUT2D eigenvalue weighted by Crippen LogP contribution is 2.32. The average molecular weight is 641 g/mol. The second-order valence-corrected chi connectivity index (χ2v) is 13.9. The largest absolute Gasteiger partial charge is 0.341 e. The number of rotatable bonds is 6. The lowest BCUT2D eigenvalue weighted by Crippen LogP contribution is -2.57. The molecular weight excluding hydrogens is 592 g/mol. The molecule has 5 amide bonds. The number of aromatic amines is 1. The summed E-state index contributed by atoms with van der Waals surface area (Å²) in [5.74, 6) is 1.17. The molecule has 2 unspecified atom stereocenters. The number of hydrogen-bond acceptors (Lipinski definition) is 5. The first-order valence-corrected chi connectivity index (χ1v) is 17.6. The molecule has 11 nitrogen and oxygen atoms in total. The molecule has 3 aromatic rings. The van der Waals surface area contributed by atoms with Crippen LogP contribution in [0.2, 0.25) is 0 Å². The van der Waals surface area contributed by atoms with Crippen molar-refractivity contribution in [1.29, 1.82) is 0 Å². The Bertz CT molecular complexity index is 1570. The van der Waals surface area contributed by atoms with Crippen molar-refractivity contribution in [3.05, 3.63) is 59.8 Å². The fourth-order valence-corrected chi connectivity index (χ4v) is 8.28. The lowest BCUT2D eigenvalue weighted by Gasteiger charge is -2.41. The molecule has 4 aliphatic heterocycles. The van der Waals surface area contributed by atoms with E-state index in [4.69, 9.17) is 0 Å². The Kier molecular flexibility index (Phi) is 9.33. The number of likely N-dealkylation sites (tertiary alicyclic amines) is 2. The molecule has 0 radical (unpaired) electrons. The summed E-state index contributed by atoms with van der Waals surface area (Å²) in [5, 5.41) is 17.9. The highest BCUT2D eigenvalue weighted by Gasteiger charge is 2.37. The molecule has 0 saturated carbocycles. The molecular formula is C36H48N8O3. The highest BCUT2D eigenvalue weighted by molar-refractivity contribution is 5.91. The Morgan fingerprint density at radius 1 is 0.894 bits per heavy atom. The summed E-state index contributed by atoms with van der Waals surface area (Å²) >= 11 is 0. The Morgan fingerprint density at radius 2 is 1.62 bits per heavy atom. The predicted molar refractivity (Wildman–Crippen MR) is 182 cm³/mol. The quantitative estimate of drug-likeness (QED) is 0.315. The number of piperidine rings is 3. The minimum absolute atomic E-state index is 0.00223. The Labute approximate surface area is 276 Å². The van der Waals surface area contributed by atoms with Crippen LogP contribution in [0.3, 0.4) is 0 Å². The van der Waals surface area contributed by atoms with Gasteiger partial charge in [0.2, 0.25) is 5.91 Å². The maximum atomic E-state index is 14.3. The minimum Gasteiger partial charge on any atom is -0.341 e. The van der Waals surface area contributed by atoms with Crippen molar-refractivity contribution in [1.82, 2.24) is 35.5 Å². The molecule has 2 aromatic carbocycles. The van der Waals surface area contributed by atoms with Crippen LogP contribution in [-0.2, 0) is 11.2 Å². The minimum atomic E-state index is -0.685. The van der Waals surface area contributed by atoms with E-state index in [-0.39, 0.29) is 29.9 Å². The van der Waals surface area contributed by atoms with E-state index in [2.05, 4.69) is 38.3 Å². The summed E-state index contributed by atoms with van der Waals surface area (Å²) in [4.78, 5) is 47.0. The molecule has 4 N–H and O–H groups in total. The number of nitrogens with one attached hydrogen (secondary N) is 4. The summed E-state index contributed by atoms with van der Waals surface area (Å²) in [6.45, 7) is 7.41. The second-order valence-electron chi connectivity index (χ2n) is 13.9. The van der Waals surface area contributed by atoms with Gasteiger partial charge in [-0.3, -0.25) is 9.89 Å². The van der Waals surface area contributed by atoms with Crippen LogP contribution >= 0.6 is 0 Å². The number of carbonyl (C=O) groups excluding carboxylic acids is 3. The molecule has 0 aliphatic carbocycles. The lowest BCUT2D eigenvalue weighted by molar-refractivity contribution is -0.135. The molecule has 3 fully saturated rings. The van der Waals surface area contributed by atoms with Crippen LogP contribution < -0.4 is 16.0 Å². The number of para-hydroxylation sites is 1. The fourth-order valence-electron chi connectivity index (χ4n) is 8.28. The van der Waals surface area contributed by atoms with E-state index in [9.17, 15) is 14.4 Å². The Morgan fingerprint density at radius 3 is 2.40 bits per heavy atom. The molecule has 2 atom stereocenters. The van der Waals surface area contributed by atoms with Gasteiger partial charge in [-0.2, -0.15) is 5.10 Å². The zero-order chi connectivity index (χ0) is 32.3. The van der Waals surface area contributed by atoms with Crippen LogP contribution in [0.1, 0.15) is 62.5 Å². The molecule has 3 saturated heterocycles. The standard InChI is InChI=1S/C36H48N8O3/c1-24(28-6-7-32-29(22-28)23-38-41-32)33(34(45)42-17-10-26(11-18-42)25-8-15-37-16-9-25)40-35(46)43-19-13-30(14-20-43)44-21-12-27-4-2-3-5-31(27)39-36(44)47/h2-7,22-26,30,33,37H,8-21H2,1H3,(H,38,41)(H,39,47)(H,40,46). The third-order valence-corrected chi connectivity index (χ3v) is 11.3. The molecule has 47 heavy (non-hydrogen) atoms. The van der Waals surface area contributed by atoms with Crippen molar-refractivity contribution in [2.45, 2.75) is 69.9 Å². The van der Waals surface area contributed by atoms with Crippen LogP contribution in [0, 0.1) is 11.8 Å². The van der Waals surface area contributed by atoms with E-state index >= 15 is 0 Å². The second kappa shape index (κ2) is 13.9. The van der Waals surface area contributed by atoms with Gasteiger partial charge in [-0.05, 0) is 99.2 Å². The number of nitrogens with zero attached hydrogens (tertiary/aromatic N) is 4. The zero-order valence-electron chi connectivity index (χ0n) is 27.4. The summed E-state index contributed by atoms with van der Waals surface area (Å²) in [7, 11) is 0. The third-order valence-electron chi connectivity index (χ3n) is 11.3. The van der Waals surface area contributed by atoms with Crippen LogP contribution in [0.5, 0.6) is 0 Å². The Hall–Kier alpha value is -4.12. The maximum absolute atomic E-state index is 14.3. The van der Waals surface area contributed by atoms with E-state index in [1.807, 2.05) is 52.0 Å². The highest BCUT2D eigenvalue weighted by atomic mass is 16.2. The van der Waals surface area contributed by atoms with Crippen molar-refractivity contribution in [3.8, 4) is 0 Å². The molecule has 1 aromatic heterocycles. The first kappa shape index (κ1) is 31.5. The van der Waals surface area contributed by atoms with Gasteiger partial charge in [0.25, 0.3) is 0 Å². The van der Waals surface area contributed by atoms with Crippen LogP contribution in [0.4, 0.5) is 15.3 Å². The number of benzene rings is 2. The number of aromatic nitrogens is 2. The molecule has 0 spiro atoms. The summed E-state index contributed by atoms with van der Waals surface area (Å²) in [6.07, 6.45) is 8.48. The summed E-state index contributed by atoms with van der Waals surface area (Å²) < 4.78 is 0. The lowest BCUT2D eigenvalue weighted by atomic mass is 9.79. The van der Waals surface area contributed by atoms with E-state index in [0.717, 1.165) is 79.1 Å². The monoisotopic (exact) mass is 640 g/mol. The van der Waals surface area contributed by atoms with Crippen molar-refractivity contribution in [3.63, 3.8) is 0 Å². The molecule has 250 valence electrons. The maximum Gasteiger partial charge on any atom is 0.322 e. The van der Waals surface area contributed by atoms with E-state index in [1.54, 1.807) is 6.20 Å². The number of anilines is 1. The summed E-state index contributed by atoms with van der Waals surface area (Å²) in [6, 6.07) is 13.1. The van der Waals surface area contributed by atoms with Gasteiger partial charge in [-0.15, -0.1) is 0 Å². The number of carbonyl (C=O) groups is 3. The number of H-pyrrole nitrogens is 1. The van der Waals surface area contributed by atoms with Gasteiger partial charge in [-0.1, -0.05) is 31.2 Å². The molecule has 4 aliphatic rings. The van der Waals surface area contributed by atoms with Crippen molar-refractivity contribution in [2.24, 2.45) is 11.8 Å². The van der Waals surface area contributed by atoms with Gasteiger partial charge in [-0.25, -0.2) is 9.59 Å². The van der Waals surface area contributed by atoms with E-state index < -0.39 is 6.04 Å². The first-order chi connectivity index (χ1) is 22.9. The summed E-state index contributed by atoms with van der Waals surface area (Å²) in [5.41, 5.74) is 3.96. The van der Waals surface area contributed by atoms with Gasteiger partial charge >= 0.3 is 12.1 Å². The first-order valence-electron chi connectivity index (χ1n) is 17.6. The normalized spacial score (nSPS) is 21.6. The van der Waals surface area contributed by atoms with Crippen LogP contribution in [-0.4, -0.2) is 101 Å². The molecule has 11 heteroatoms. The Balaban J connectivity index is 1.01. The third kappa shape index (κ3) is 6.81. The predicted octanol–water partition coefficient (Wildman–Crippen LogP) is 4.54. The van der Waals surface area contributed by atoms with Crippen molar-refractivity contribution < 1.29 is 14.4 Å². The van der Waals surface area contributed by atoms with Gasteiger partial charge < -0.3 is 30.7 Å². The van der Waals surface area contributed by atoms with Crippen LogP contribution in [0.25, 0.3) is 10.9 Å². The average Bonchev–Trinajstić information content (AvgIpc) is 3.52. The van der Waals surface area contributed by atoms with Crippen molar-refractivity contribution in [2.75, 3.05) is 51.1 Å². The number of fused-ring (bicyclic) bond motifs is 2. The van der Waals surface area contributed by atoms with Crippen LogP contribution in [0.15, 0.2) is 48.7 Å². The topological polar surface area (TPSA) is 126 Å². The number of amides is 5. The smallest absolute Gasteiger partial charge is 0.322 e. The molecule has 5 heterocycles. The van der Waals surface area contributed by atoms with Gasteiger partial charge in [0.1, 0.15) is 6.04 Å². The molecule has 0 bridgehead atoms. The van der Waals surface area contributed by atoms with Gasteiger partial charge in [0.15, 0.2) is 0 Å². The fraction of sp³-hybridized carbons (Fsp3) is 0.556.